The van der Waals surface area contributed by atoms with Crippen LogP contribution in [0.4, 0.5) is 5.69 Å². The van der Waals surface area contributed by atoms with E-state index in [1.807, 2.05) is 0 Å². The Morgan fingerprint density at radius 1 is 1.45 bits per heavy atom. The van der Waals surface area contributed by atoms with Crippen LogP contribution in [0.15, 0.2) is 24.3 Å². The van der Waals surface area contributed by atoms with Crippen LogP contribution >= 0.6 is 11.6 Å². The molecule has 5 nitrogen and oxygen atoms in total. The van der Waals surface area contributed by atoms with Gasteiger partial charge < -0.3 is 14.9 Å². The molecule has 1 aliphatic heterocycles. The van der Waals surface area contributed by atoms with E-state index < -0.39 is 0 Å². The molecule has 1 atom stereocenters. The number of amides is 2. The second-order valence-electron chi connectivity index (χ2n) is 4.87. The van der Waals surface area contributed by atoms with Crippen molar-refractivity contribution in [2.75, 3.05) is 31.6 Å². The van der Waals surface area contributed by atoms with Crippen LogP contribution in [-0.2, 0) is 9.59 Å². The van der Waals surface area contributed by atoms with Crippen LogP contribution in [0.2, 0.25) is 5.02 Å². The van der Waals surface area contributed by atoms with Gasteiger partial charge >= 0.3 is 0 Å². The molecule has 2 amide bonds. The number of anilines is 1. The number of hydrogen-bond acceptors (Lipinski definition) is 3. The highest BCUT2D eigenvalue weighted by molar-refractivity contribution is 6.30. The fourth-order valence-electron chi connectivity index (χ4n) is 2.32. The molecule has 1 aromatic rings. The molecular formula is C14H17ClN2O3. The zero-order valence-electron chi connectivity index (χ0n) is 11.3. The first-order valence-corrected chi connectivity index (χ1v) is 6.82. The second-order valence-corrected chi connectivity index (χ2v) is 5.30. The van der Waals surface area contributed by atoms with Gasteiger partial charge in [-0.3, -0.25) is 9.59 Å². The third-order valence-corrected chi connectivity index (χ3v) is 3.68. The maximum absolute atomic E-state index is 12.1. The van der Waals surface area contributed by atoms with Crippen molar-refractivity contribution in [3.05, 3.63) is 29.3 Å². The van der Waals surface area contributed by atoms with Crippen LogP contribution in [0.1, 0.15) is 6.42 Å². The molecule has 108 valence electrons. The van der Waals surface area contributed by atoms with Crippen LogP contribution < -0.4 is 4.90 Å². The summed E-state index contributed by atoms with van der Waals surface area (Å²) in [6, 6.07) is 6.98. The summed E-state index contributed by atoms with van der Waals surface area (Å²) in [5, 5.41) is 9.46. The summed E-state index contributed by atoms with van der Waals surface area (Å²) >= 11 is 5.82. The van der Waals surface area contributed by atoms with Gasteiger partial charge in [0.15, 0.2) is 0 Å². The maximum atomic E-state index is 12.1. The first-order chi connectivity index (χ1) is 9.52. The minimum absolute atomic E-state index is 0.0666. The van der Waals surface area contributed by atoms with Crippen molar-refractivity contribution in [3.8, 4) is 0 Å². The maximum Gasteiger partial charge on any atom is 0.227 e. The molecule has 20 heavy (non-hydrogen) atoms. The summed E-state index contributed by atoms with van der Waals surface area (Å²) in [6.07, 6.45) is 0.206. The predicted octanol–water partition coefficient (Wildman–Crippen LogP) is 1.14. The molecule has 1 saturated heterocycles. The standard InChI is InChI=1S/C14H17ClN2O3/c1-16(6-7-18)14(20)10-8-13(19)17(9-10)12-4-2-11(15)3-5-12/h2-5,10,18H,6-9H2,1H3. The first-order valence-electron chi connectivity index (χ1n) is 6.44. The lowest BCUT2D eigenvalue weighted by atomic mass is 10.1. The van der Waals surface area contributed by atoms with E-state index in [-0.39, 0.29) is 37.3 Å². The summed E-state index contributed by atoms with van der Waals surface area (Å²) in [5.74, 6) is -0.526. The number of rotatable bonds is 4. The Morgan fingerprint density at radius 3 is 2.70 bits per heavy atom. The van der Waals surface area contributed by atoms with Crippen molar-refractivity contribution in [1.82, 2.24) is 4.90 Å². The Kier molecular flexibility index (Phi) is 4.62. The van der Waals surface area contributed by atoms with Crippen LogP contribution in [-0.4, -0.2) is 48.6 Å². The van der Waals surface area contributed by atoms with E-state index in [9.17, 15) is 9.59 Å². The number of benzene rings is 1. The smallest absolute Gasteiger partial charge is 0.227 e. The molecule has 1 N–H and O–H groups in total. The van der Waals surface area contributed by atoms with E-state index in [2.05, 4.69) is 0 Å². The Labute approximate surface area is 122 Å². The first kappa shape index (κ1) is 14.8. The Balaban J connectivity index is 2.07. The van der Waals surface area contributed by atoms with E-state index >= 15 is 0 Å². The quantitative estimate of drug-likeness (QED) is 0.906. The Morgan fingerprint density at radius 2 is 2.10 bits per heavy atom. The fraction of sp³-hybridized carbons (Fsp3) is 0.429. The number of aliphatic hydroxyl groups excluding tert-OH is 1. The third kappa shape index (κ3) is 3.11. The molecule has 0 radical (unpaired) electrons. The van der Waals surface area contributed by atoms with Crippen LogP contribution in [0, 0.1) is 5.92 Å². The normalized spacial score (nSPS) is 18.4. The highest BCUT2D eigenvalue weighted by Gasteiger charge is 2.36. The second kappa shape index (κ2) is 6.24. The van der Waals surface area contributed by atoms with Gasteiger partial charge in [0.25, 0.3) is 0 Å². The number of carbonyl (C=O) groups is 2. The largest absolute Gasteiger partial charge is 0.395 e. The summed E-state index contributed by atoms with van der Waals surface area (Å²) < 4.78 is 0. The van der Waals surface area contributed by atoms with Gasteiger partial charge in [0, 0.05) is 37.3 Å². The molecular weight excluding hydrogens is 280 g/mol. The van der Waals surface area contributed by atoms with E-state index in [0.717, 1.165) is 5.69 Å². The Bertz CT molecular complexity index is 504. The predicted molar refractivity (Wildman–Crippen MR) is 76.6 cm³/mol. The molecule has 1 fully saturated rings. The number of aliphatic hydroxyl groups is 1. The van der Waals surface area contributed by atoms with Gasteiger partial charge in [-0.1, -0.05) is 11.6 Å². The zero-order valence-corrected chi connectivity index (χ0v) is 12.0. The molecule has 6 heteroatoms. The number of nitrogens with zero attached hydrogens (tertiary/aromatic N) is 2. The molecule has 0 saturated carbocycles. The topological polar surface area (TPSA) is 60.9 Å². The minimum atomic E-state index is -0.352. The van der Waals surface area contributed by atoms with Crippen LogP contribution in [0.3, 0.4) is 0 Å². The van der Waals surface area contributed by atoms with Gasteiger partial charge in [0.2, 0.25) is 11.8 Å². The van der Waals surface area contributed by atoms with Crippen LogP contribution in [0.25, 0.3) is 0 Å². The number of hydrogen-bond donors (Lipinski definition) is 1. The average Bonchev–Trinajstić information content (AvgIpc) is 2.81. The van der Waals surface area contributed by atoms with E-state index in [1.165, 1.54) is 4.90 Å². The molecule has 0 bridgehead atoms. The molecule has 0 aromatic heterocycles. The lowest BCUT2D eigenvalue weighted by Crippen LogP contribution is -2.36. The number of carbonyl (C=O) groups excluding carboxylic acids is 2. The van der Waals surface area contributed by atoms with Crippen molar-refractivity contribution in [2.45, 2.75) is 6.42 Å². The summed E-state index contributed by atoms with van der Waals surface area (Å²) in [4.78, 5) is 27.2. The van der Waals surface area contributed by atoms with Crippen LogP contribution in [0.5, 0.6) is 0 Å². The van der Waals surface area contributed by atoms with E-state index in [4.69, 9.17) is 16.7 Å². The summed E-state index contributed by atoms with van der Waals surface area (Å²) in [7, 11) is 1.63. The highest BCUT2D eigenvalue weighted by atomic mass is 35.5. The lowest BCUT2D eigenvalue weighted by Gasteiger charge is -2.20. The monoisotopic (exact) mass is 296 g/mol. The van der Waals surface area contributed by atoms with Crippen molar-refractivity contribution in [3.63, 3.8) is 0 Å². The Hall–Kier alpha value is -1.59. The van der Waals surface area contributed by atoms with Crippen molar-refractivity contribution >= 4 is 29.1 Å². The fourth-order valence-corrected chi connectivity index (χ4v) is 2.44. The molecule has 2 rings (SSSR count). The molecule has 0 spiro atoms. The van der Waals surface area contributed by atoms with Gasteiger partial charge in [-0.05, 0) is 24.3 Å². The lowest BCUT2D eigenvalue weighted by molar-refractivity contribution is -0.134. The average molecular weight is 297 g/mol. The number of halogens is 1. The number of likely N-dealkylation sites (N-methyl/N-ethyl adjacent to an activating group) is 1. The van der Waals surface area contributed by atoms with Gasteiger partial charge in [0.1, 0.15) is 0 Å². The molecule has 1 aromatic carbocycles. The van der Waals surface area contributed by atoms with Crippen molar-refractivity contribution < 1.29 is 14.7 Å². The SMILES string of the molecule is CN(CCO)C(=O)C1CC(=O)N(c2ccc(Cl)cc2)C1. The summed E-state index contributed by atoms with van der Waals surface area (Å²) in [6.45, 7) is 0.573. The molecule has 1 unspecified atom stereocenters. The third-order valence-electron chi connectivity index (χ3n) is 3.42. The summed E-state index contributed by atoms with van der Waals surface area (Å²) in [5.41, 5.74) is 0.750. The molecule has 0 aliphatic carbocycles. The zero-order chi connectivity index (χ0) is 14.7. The van der Waals surface area contributed by atoms with Crippen molar-refractivity contribution in [2.24, 2.45) is 5.92 Å². The molecule has 1 aliphatic rings. The van der Waals surface area contributed by atoms with Gasteiger partial charge in [-0.25, -0.2) is 0 Å². The van der Waals surface area contributed by atoms with Gasteiger partial charge in [-0.15, -0.1) is 0 Å². The van der Waals surface area contributed by atoms with Gasteiger partial charge in [-0.2, -0.15) is 0 Å². The van der Waals surface area contributed by atoms with E-state index in [0.29, 0.717) is 11.6 Å². The molecule has 1 heterocycles. The minimum Gasteiger partial charge on any atom is -0.395 e. The van der Waals surface area contributed by atoms with E-state index in [1.54, 1.807) is 36.2 Å². The van der Waals surface area contributed by atoms with Gasteiger partial charge in [0.05, 0.1) is 12.5 Å². The highest BCUT2D eigenvalue weighted by Crippen LogP contribution is 2.27. The van der Waals surface area contributed by atoms with Crippen molar-refractivity contribution in [1.29, 1.82) is 0 Å².